The largest absolute Gasteiger partial charge is 0.423 e. The van der Waals surface area contributed by atoms with Gasteiger partial charge in [0.2, 0.25) is 0 Å². The molecule has 0 aliphatic heterocycles. The SMILES string of the molecule is Cc1ccc(/C=C/C(=O)c2ccc(OC(=O)c3ccc(C)cc3)cc2)cc1. The molecule has 0 saturated carbocycles. The Bertz CT molecular complexity index is 964. The second-order valence-corrected chi connectivity index (χ2v) is 6.39. The molecule has 0 N–H and O–H groups in total. The van der Waals surface area contributed by atoms with Crippen LogP contribution >= 0.6 is 0 Å². The summed E-state index contributed by atoms with van der Waals surface area (Å²) in [5, 5.41) is 0. The first-order valence-corrected chi connectivity index (χ1v) is 8.69. The highest BCUT2D eigenvalue weighted by Crippen LogP contribution is 2.16. The van der Waals surface area contributed by atoms with Crippen molar-refractivity contribution in [3.8, 4) is 5.75 Å². The molecular formula is C24H20O3. The van der Waals surface area contributed by atoms with Crippen molar-refractivity contribution in [1.29, 1.82) is 0 Å². The van der Waals surface area contributed by atoms with Gasteiger partial charge in [-0.2, -0.15) is 0 Å². The quantitative estimate of drug-likeness (QED) is 0.265. The van der Waals surface area contributed by atoms with Gasteiger partial charge >= 0.3 is 5.97 Å². The van der Waals surface area contributed by atoms with E-state index in [1.165, 1.54) is 11.6 Å². The van der Waals surface area contributed by atoms with Gasteiger partial charge in [-0.1, -0.05) is 53.6 Å². The highest BCUT2D eigenvalue weighted by Gasteiger charge is 2.09. The first-order valence-electron chi connectivity index (χ1n) is 8.69. The van der Waals surface area contributed by atoms with Gasteiger partial charge in [0.15, 0.2) is 5.78 Å². The zero-order chi connectivity index (χ0) is 19.2. The third-order valence-electron chi connectivity index (χ3n) is 4.14. The van der Waals surface area contributed by atoms with E-state index in [0.29, 0.717) is 16.9 Å². The van der Waals surface area contributed by atoms with Gasteiger partial charge in [-0.25, -0.2) is 4.79 Å². The van der Waals surface area contributed by atoms with Crippen LogP contribution in [0.3, 0.4) is 0 Å². The molecule has 0 aromatic heterocycles. The summed E-state index contributed by atoms with van der Waals surface area (Å²) in [5.41, 5.74) is 4.25. The summed E-state index contributed by atoms with van der Waals surface area (Å²) in [6.45, 7) is 3.98. The van der Waals surface area contributed by atoms with E-state index >= 15 is 0 Å². The molecule has 3 rings (SSSR count). The standard InChI is InChI=1S/C24H20O3/c1-17-3-7-19(8-4-17)9-16-23(25)20-12-14-22(15-13-20)27-24(26)21-10-5-18(2)6-11-21/h3-16H,1-2H3/b16-9+. The monoisotopic (exact) mass is 356 g/mol. The van der Waals surface area contributed by atoms with Gasteiger partial charge in [-0.3, -0.25) is 4.79 Å². The Kier molecular flexibility index (Phi) is 5.62. The number of ether oxygens (including phenoxy) is 1. The van der Waals surface area contributed by atoms with Crippen LogP contribution in [0.25, 0.3) is 6.08 Å². The number of carbonyl (C=O) groups is 2. The summed E-state index contributed by atoms with van der Waals surface area (Å²) in [7, 11) is 0. The molecule has 0 aliphatic carbocycles. The lowest BCUT2D eigenvalue weighted by molar-refractivity contribution is 0.0734. The number of aryl methyl sites for hydroxylation is 2. The van der Waals surface area contributed by atoms with Gasteiger partial charge < -0.3 is 4.74 Å². The summed E-state index contributed by atoms with van der Waals surface area (Å²) >= 11 is 0. The van der Waals surface area contributed by atoms with Gasteiger partial charge in [0.25, 0.3) is 0 Å². The highest BCUT2D eigenvalue weighted by atomic mass is 16.5. The molecule has 0 unspecified atom stereocenters. The minimum absolute atomic E-state index is 0.105. The topological polar surface area (TPSA) is 43.4 Å². The summed E-state index contributed by atoms with van der Waals surface area (Å²) < 4.78 is 5.35. The maximum absolute atomic E-state index is 12.3. The maximum atomic E-state index is 12.3. The van der Waals surface area contributed by atoms with Gasteiger partial charge in [0.1, 0.15) is 5.75 Å². The van der Waals surface area contributed by atoms with E-state index in [0.717, 1.165) is 11.1 Å². The van der Waals surface area contributed by atoms with Crippen molar-refractivity contribution in [3.05, 3.63) is 107 Å². The summed E-state index contributed by atoms with van der Waals surface area (Å²) in [6, 6.07) is 21.7. The van der Waals surface area contributed by atoms with E-state index in [4.69, 9.17) is 4.74 Å². The molecule has 3 aromatic carbocycles. The van der Waals surface area contributed by atoms with E-state index in [2.05, 4.69) is 0 Å². The van der Waals surface area contributed by atoms with Gasteiger partial charge in [-0.15, -0.1) is 0 Å². The van der Waals surface area contributed by atoms with Crippen LogP contribution in [-0.2, 0) is 0 Å². The Morgan fingerprint density at radius 1 is 0.704 bits per heavy atom. The van der Waals surface area contributed by atoms with E-state index in [-0.39, 0.29) is 5.78 Å². The van der Waals surface area contributed by atoms with Crippen LogP contribution in [0.2, 0.25) is 0 Å². The molecule has 0 amide bonds. The second kappa shape index (κ2) is 8.28. The third kappa shape index (κ3) is 5.02. The second-order valence-electron chi connectivity index (χ2n) is 6.39. The van der Waals surface area contributed by atoms with Crippen molar-refractivity contribution in [2.75, 3.05) is 0 Å². The van der Waals surface area contributed by atoms with Crippen LogP contribution in [0.1, 0.15) is 37.4 Å². The van der Waals surface area contributed by atoms with Crippen molar-refractivity contribution < 1.29 is 14.3 Å². The molecule has 0 radical (unpaired) electrons. The first kappa shape index (κ1) is 18.3. The molecular weight excluding hydrogens is 336 g/mol. The maximum Gasteiger partial charge on any atom is 0.343 e. The molecule has 0 fully saturated rings. The number of hydrogen-bond acceptors (Lipinski definition) is 3. The Morgan fingerprint density at radius 2 is 1.22 bits per heavy atom. The van der Waals surface area contributed by atoms with Crippen molar-refractivity contribution in [3.63, 3.8) is 0 Å². The predicted molar refractivity (Wildman–Crippen MR) is 107 cm³/mol. The summed E-state index contributed by atoms with van der Waals surface area (Å²) in [5.74, 6) is -0.125. The molecule has 0 saturated heterocycles. The average Bonchev–Trinajstić information content (AvgIpc) is 2.68. The molecule has 0 heterocycles. The molecule has 3 aromatic rings. The van der Waals surface area contributed by atoms with Crippen LogP contribution in [0.4, 0.5) is 0 Å². The zero-order valence-electron chi connectivity index (χ0n) is 15.3. The van der Waals surface area contributed by atoms with Gasteiger partial charge in [0, 0.05) is 5.56 Å². The Labute approximate surface area is 158 Å². The van der Waals surface area contributed by atoms with E-state index < -0.39 is 5.97 Å². The fourth-order valence-corrected chi connectivity index (χ4v) is 2.49. The average molecular weight is 356 g/mol. The molecule has 3 heteroatoms. The smallest absolute Gasteiger partial charge is 0.343 e. The zero-order valence-corrected chi connectivity index (χ0v) is 15.3. The van der Waals surface area contributed by atoms with Crippen LogP contribution in [-0.4, -0.2) is 11.8 Å². The molecule has 3 nitrogen and oxygen atoms in total. The third-order valence-corrected chi connectivity index (χ3v) is 4.14. The van der Waals surface area contributed by atoms with Gasteiger partial charge in [-0.05, 0) is 61.9 Å². The van der Waals surface area contributed by atoms with Crippen molar-refractivity contribution in [2.45, 2.75) is 13.8 Å². The number of benzene rings is 3. The Morgan fingerprint density at radius 3 is 1.81 bits per heavy atom. The molecule has 0 bridgehead atoms. The fraction of sp³-hybridized carbons (Fsp3) is 0.0833. The number of esters is 1. The Balaban J connectivity index is 1.64. The lowest BCUT2D eigenvalue weighted by Gasteiger charge is -2.05. The number of rotatable bonds is 5. The molecule has 0 spiro atoms. The van der Waals surface area contributed by atoms with Gasteiger partial charge in [0.05, 0.1) is 5.56 Å². The molecule has 0 aliphatic rings. The van der Waals surface area contributed by atoms with Crippen LogP contribution in [0, 0.1) is 13.8 Å². The van der Waals surface area contributed by atoms with Crippen LogP contribution in [0.15, 0.2) is 78.9 Å². The van der Waals surface area contributed by atoms with E-state index in [9.17, 15) is 9.59 Å². The lowest BCUT2D eigenvalue weighted by Crippen LogP contribution is -2.08. The number of allylic oxidation sites excluding steroid dienone is 1. The number of hydrogen-bond donors (Lipinski definition) is 0. The van der Waals surface area contributed by atoms with Crippen molar-refractivity contribution in [2.24, 2.45) is 0 Å². The van der Waals surface area contributed by atoms with E-state index in [1.807, 2.05) is 50.2 Å². The van der Waals surface area contributed by atoms with Crippen molar-refractivity contribution >= 4 is 17.8 Å². The van der Waals surface area contributed by atoms with E-state index in [1.54, 1.807) is 42.5 Å². The van der Waals surface area contributed by atoms with Crippen LogP contribution in [0.5, 0.6) is 5.75 Å². The summed E-state index contributed by atoms with van der Waals surface area (Å²) in [4.78, 5) is 24.4. The highest BCUT2D eigenvalue weighted by molar-refractivity contribution is 6.06. The molecule has 134 valence electrons. The predicted octanol–water partition coefficient (Wildman–Crippen LogP) is 5.42. The normalized spacial score (nSPS) is 10.7. The van der Waals surface area contributed by atoms with Crippen LogP contribution < -0.4 is 4.74 Å². The molecule has 27 heavy (non-hydrogen) atoms. The fourth-order valence-electron chi connectivity index (χ4n) is 2.49. The summed E-state index contributed by atoms with van der Waals surface area (Å²) in [6.07, 6.45) is 3.32. The first-order chi connectivity index (χ1) is 13.0. The Hall–Kier alpha value is -3.46. The minimum atomic E-state index is -0.423. The lowest BCUT2D eigenvalue weighted by atomic mass is 10.1. The molecule has 0 atom stereocenters. The van der Waals surface area contributed by atoms with Crippen molar-refractivity contribution in [1.82, 2.24) is 0 Å². The number of ketones is 1. The minimum Gasteiger partial charge on any atom is -0.423 e. The number of carbonyl (C=O) groups excluding carboxylic acids is 2.